The molecule has 0 radical (unpaired) electrons. The minimum atomic E-state index is 0.241. The molecule has 4 heterocycles. The molecule has 3 aromatic rings. The van der Waals surface area contributed by atoms with Gasteiger partial charge >= 0.3 is 0 Å². The standard InChI is InChI=1S/C21H26N4OS/c26-11-5-20-15-23(9-10-24(20)14-18-6-12-27-17-18)16-21-4-2-8-25(21)19-3-1-7-22-13-19/h1-4,6-8,12-13,17,20,26H,5,9-11,14-16H2. The number of aromatic nitrogens is 2. The number of pyridine rings is 1. The van der Waals surface area contributed by atoms with Gasteiger partial charge in [-0.2, -0.15) is 11.3 Å². The summed E-state index contributed by atoms with van der Waals surface area (Å²) in [4.78, 5) is 9.27. The number of nitrogens with zero attached hydrogens (tertiary/aromatic N) is 4. The number of aliphatic hydroxyl groups excluding tert-OH is 1. The SMILES string of the molecule is OCCC1CN(Cc2cccn2-c2cccnc2)CCN1Cc1ccsc1. The maximum Gasteiger partial charge on any atom is 0.0636 e. The lowest BCUT2D eigenvalue weighted by molar-refractivity contribution is 0.0493. The number of hydrogen-bond acceptors (Lipinski definition) is 5. The van der Waals surface area contributed by atoms with E-state index >= 15 is 0 Å². The molecule has 0 saturated carbocycles. The average Bonchev–Trinajstić information content (AvgIpc) is 3.37. The van der Waals surface area contributed by atoms with Gasteiger partial charge in [-0.25, -0.2) is 0 Å². The molecular formula is C21H26N4OS. The van der Waals surface area contributed by atoms with Crippen LogP contribution in [0.15, 0.2) is 59.7 Å². The normalized spacial score (nSPS) is 18.8. The molecule has 0 aromatic carbocycles. The molecular weight excluding hydrogens is 356 g/mol. The third-order valence-electron chi connectivity index (χ3n) is 5.26. The van der Waals surface area contributed by atoms with Crippen molar-refractivity contribution >= 4 is 11.3 Å². The molecule has 0 bridgehead atoms. The van der Waals surface area contributed by atoms with Crippen molar-refractivity contribution in [3.05, 3.63) is 70.9 Å². The van der Waals surface area contributed by atoms with E-state index in [9.17, 15) is 5.11 Å². The Bertz CT molecular complexity index is 818. The van der Waals surface area contributed by atoms with Crippen LogP contribution in [0.25, 0.3) is 5.69 Å². The molecule has 1 N–H and O–H groups in total. The Morgan fingerprint density at radius 2 is 2.11 bits per heavy atom. The van der Waals surface area contributed by atoms with Crippen LogP contribution in [-0.4, -0.2) is 56.7 Å². The Labute approximate surface area is 164 Å². The van der Waals surface area contributed by atoms with Crippen molar-refractivity contribution in [1.29, 1.82) is 0 Å². The zero-order chi connectivity index (χ0) is 18.5. The van der Waals surface area contributed by atoms with Gasteiger partial charge in [-0.3, -0.25) is 14.8 Å². The van der Waals surface area contributed by atoms with Crippen LogP contribution in [0.5, 0.6) is 0 Å². The molecule has 27 heavy (non-hydrogen) atoms. The predicted octanol–water partition coefficient (Wildman–Crippen LogP) is 3.00. The smallest absolute Gasteiger partial charge is 0.0636 e. The molecule has 1 aliphatic heterocycles. The topological polar surface area (TPSA) is 44.5 Å². The summed E-state index contributed by atoms with van der Waals surface area (Å²) in [5.74, 6) is 0. The fourth-order valence-electron chi connectivity index (χ4n) is 3.87. The van der Waals surface area contributed by atoms with E-state index in [4.69, 9.17) is 0 Å². The second-order valence-electron chi connectivity index (χ2n) is 7.08. The van der Waals surface area contributed by atoms with Crippen molar-refractivity contribution in [1.82, 2.24) is 19.4 Å². The lowest BCUT2D eigenvalue weighted by Crippen LogP contribution is -2.52. The van der Waals surface area contributed by atoms with Crippen molar-refractivity contribution in [3.8, 4) is 5.69 Å². The summed E-state index contributed by atoms with van der Waals surface area (Å²) in [5, 5.41) is 13.9. The number of hydrogen-bond donors (Lipinski definition) is 1. The van der Waals surface area contributed by atoms with E-state index in [-0.39, 0.29) is 6.61 Å². The van der Waals surface area contributed by atoms with Gasteiger partial charge in [0.05, 0.1) is 11.9 Å². The maximum absolute atomic E-state index is 9.54. The Kier molecular flexibility index (Phi) is 5.99. The Morgan fingerprint density at radius 1 is 1.15 bits per heavy atom. The lowest BCUT2D eigenvalue weighted by Gasteiger charge is -2.41. The zero-order valence-electron chi connectivity index (χ0n) is 15.4. The van der Waals surface area contributed by atoms with Gasteiger partial charge in [0.1, 0.15) is 0 Å². The summed E-state index contributed by atoms with van der Waals surface area (Å²) in [5.41, 5.74) is 3.75. The Hall–Kier alpha value is -1.99. The predicted molar refractivity (Wildman–Crippen MR) is 109 cm³/mol. The monoisotopic (exact) mass is 382 g/mol. The van der Waals surface area contributed by atoms with Gasteiger partial charge in [-0.1, -0.05) is 0 Å². The number of piperazine rings is 1. The van der Waals surface area contributed by atoms with E-state index in [1.807, 2.05) is 12.3 Å². The third kappa shape index (κ3) is 4.47. The Balaban J connectivity index is 1.43. The van der Waals surface area contributed by atoms with Gasteiger partial charge in [0.15, 0.2) is 0 Å². The Morgan fingerprint density at radius 3 is 2.89 bits per heavy atom. The van der Waals surface area contributed by atoms with Crippen molar-refractivity contribution in [2.75, 3.05) is 26.2 Å². The first-order chi connectivity index (χ1) is 13.3. The second-order valence-corrected chi connectivity index (χ2v) is 7.86. The molecule has 1 fully saturated rings. The summed E-state index contributed by atoms with van der Waals surface area (Å²) in [6.07, 6.45) is 6.63. The summed E-state index contributed by atoms with van der Waals surface area (Å²) in [7, 11) is 0. The van der Waals surface area contributed by atoms with Crippen LogP contribution in [0.4, 0.5) is 0 Å². The van der Waals surface area contributed by atoms with Gasteiger partial charge in [-0.15, -0.1) is 0 Å². The number of rotatable bonds is 7. The fraction of sp³-hybridized carbons (Fsp3) is 0.381. The van der Waals surface area contributed by atoms with E-state index in [1.54, 1.807) is 17.5 Å². The molecule has 1 atom stereocenters. The highest BCUT2D eigenvalue weighted by Gasteiger charge is 2.27. The number of thiophene rings is 1. The highest BCUT2D eigenvalue weighted by atomic mass is 32.1. The summed E-state index contributed by atoms with van der Waals surface area (Å²) in [6, 6.07) is 10.9. The average molecular weight is 383 g/mol. The first-order valence-electron chi connectivity index (χ1n) is 9.48. The lowest BCUT2D eigenvalue weighted by atomic mass is 10.1. The van der Waals surface area contributed by atoms with Crippen LogP contribution in [-0.2, 0) is 13.1 Å². The summed E-state index contributed by atoms with van der Waals surface area (Å²) in [6.45, 7) is 5.20. The molecule has 6 heteroatoms. The van der Waals surface area contributed by atoms with E-state index in [0.717, 1.165) is 44.8 Å². The van der Waals surface area contributed by atoms with Crippen LogP contribution in [0.1, 0.15) is 17.7 Å². The quantitative estimate of drug-likeness (QED) is 0.682. The zero-order valence-corrected chi connectivity index (χ0v) is 16.3. The highest BCUT2D eigenvalue weighted by Crippen LogP contribution is 2.20. The van der Waals surface area contributed by atoms with Gasteiger partial charge in [0, 0.05) is 63.5 Å². The van der Waals surface area contributed by atoms with Crippen LogP contribution in [0, 0.1) is 0 Å². The molecule has 3 aromatic heterocycles. The molecule has 142 valence electrons. The maximum atomic E-state index is 9.54. The molecule has 0 amide bonds. The first-order valence-corrected chi connectivity index (χ1v) is 10.4. The van der Waals surface area contributed by atoms with Gasteiger partial charge in [0.2, 0.25) is 0 Å². The van der Waals surface area contributed by atoms with Crippen LogP contribution < -0.4 is 0 Å². The minimum absolute atomic E-state index is 0.241. The van der Waals surface area contributed by atoms with Gasteiger partial charge in [0.25, 0.3) is 0 Å². The molecule has 4 rings (SSSR count). The molecule has 0 spiro atoms. The van der Waals surface area contributed by atoms with Crippen molar-refractivity contribution in [2.24, 2.45) is 0 Å². The molecule has 1 unspecified atom stereocenters. The van der Waals surface area contributed by atoms with E-state index in [1.165, 1.54) is 11.3 Å². The number of aliphatic hydroxyl groups is 1. The largest absolute Gasteiger partial charge is 0.396 e. The molecule has 0 aliphatic carbocycles. The summed E-state index contributed by atoms with van der Waals surface area (Å²) < 4.78 is 2.21. The van der Waals surface area contributed by atoms with E-state index < -0.39 is 0 Å². The minimum Gasteiger partial charge on any atom is -0.396 e. The van der Waals surface area contributed by atoms with Gasteiger partial charge in [-0.05, 0) is 53.1 Å². The third-order valence-corrected chi connectivity index (χ3v) is 5.99. The van der Waals surface area contributed by atoms with Crippen molar-refractivity contribution < 1.29 is 5.11 Å². The highest BCUT2D eigenvalue weighted by molar-refractivity contribution is 7.07. The second kappa shape index (κ2) is 8.80. The first kappa shape index (κ1) is 18.4. The van der Waals surface area contributed by atoms with Gasteiger partial charge < -0.3 is 9.67 Å². The van der Waals surface area contributed by atoms with Crippen LogP contribution in [0.3, 0.4) is 0 Å². The van der Waals surface area contributed by atoms with Crippen molar-refractivity contribution in [2.45, 2.75) is 25.6 Å². The molecule has 5 nitrogen and oxygen atoms in total. The van der Waals surface area contributed by atoms with Crippen LogP contribution in [0.2, 0.25) is 0 Å². The summed E-state index contributed by atoms with van der Waals surface area (Å²) >= 11 is 1.75. The molecule has 1 saturated heterocycles. The van der Waals surface area contributed by atoms with Crippen LogP contribution >= 0.6 is 11.3 Å². The molecule has 1 aliphatic rings. The fourth-order valence-corrected chi connectivity index (χ4v) is 4.53. The van der Waals surface area contributed by atoms with E-state index in [0.29, 0.717) is 6.04 Å². The van der Waals surface area contributed by atoms with E-state index in [2.05, 4.69) is 60.6 Å². The van der Waals surface area contributed by atoms with Crippen molar-refractivity contribution in [3.63, 3.8) is 0 Å².